The normalized spacial score (nSPS) is 12.4. The van der Waals surface area contributed by atoms with Crippen LogP contribution in [0.2, 0.25) is 10.0 Å². The number of thioether (sulfide) groups is 1. The van der Waals surface area contributed by atoms with Crippen LogP contribution in [0.5, 0.6) is 0 Å². The largest absolute Gasteiger partial charge is 0.388 e. The average molecular weight is 313 g/mol. The Labute approximate surface area is 127 Å². The highest BCUT2D eigenvalue weighted by Gasteiger charge is 2.14. The van der Waals surface area contributed by atoms with E-state index in [2.05, 4.69) is 0 Å². The Morgan fingerprint density at radius 2 is 1.89 bits per heavy atom. The zero-order chi connectivity index (χ0) is 13.8. The SMILES string of the molecule is CSc1ccccc1C(O)Cc1cc(Cl)ccc1Cl. The molecule has 0 fully saturated rings. The lowest BCUT2D eigenvalue weighted by atomic mass is 10.0. The van der Waals surface area contributed by atoms with Crippen molar-refractivity contribution in [3.05, 3.63) is 63.6 Å². The van der Waals surface area contributed by atoms with Crippen LogP contribution in [0, 0.1) is 0 Å². The molecule has 1 N–H and O–H groups in total. The summed E-state index contributed by atoms with van der Waals surface area (Å²) in [6.45, 7) is 0. The molecule has 0 radical (unpaired) electrons. The van der Waals surface area contributed by atoms with E-state index in [4.69, 9.17) is 23.2 Å². The molecule has 0 spiro atoms. The fourth-order valence-corrected chi connectivity index (χ4v) is 3.00. The quantitative estimate of drug-likeness (QED) is 0.802. The van der Waals surface area contributed by atoms with Gasteiger partial charge in [-0.2, -0.15) is 0 Å². The minimum atomic E-state index is -0.584. The lowest BCUT2D eigenvalue weighted by Gasteiger charge is -2.15. The number of hydrogen-bond donors (Lipinski definition) is 1. The molecule has 1 unspecified atom stereocenters. The predicted octanol–water partition coefficient (Wildman–Crippen LogP) is 4.99. The number of aliphatic hydroxyl groups excluding tert-OH is 1. The Morgan fingerprint density at radius 1 is 1.16 bits per heavy atom. The molecule has 0 aromatic heterocycles. The van der Waals surface area contributed by atoms with Crippen molar-refractivity contribution in [1.82, 2.24) is 0 Å². The van der Waals surface area contributed by atoms with Gasteiger partial charge in [-0.25, -0.2) is 0 Å². The monoisotopic (exact) mass is 312 g/mol. The molecule has 100 valence electrons. The highest BCUT2D eigenvalue weighted by atomic mass is 35.5. The smallest absolute Gasteiger partial charge is 0.0841 e. The van der Waals surface area contributed by atoms with Gasteiger partial charge in [0.2, 0.25) is 0 Å². The van der Waals surface area contributed by atoms with Gasteiger partial charge in [0.05, 0.1) is 6.10 Å². The second-order valence-electron chi connectivity index (χ2n) is 4.20. The highest BCUT2D eigenvalue weighted by Crippen LogP contribution is 2.30. The topological polar surface area (TPSA) is 20.2 Å². The summed E-state index contributed by atoms with van der Waals surface area (Å²) in [6, 6.07) is 13.1. The molecular weight excluding hydrogens is 299 g/mol. The van der Waals surface area contributed by atoms with Crippen LogP contribution in [0.4, 0.5) is 0 Å². The van der Waals surface area contributed by atoms with Gasteiger partial charge in [-0.3, -0.25) is 0 Å². The number of benzene rings is 2. The minimum Gasteiger partial charge on any atom is -0.388 e. The van der Waals surface area contributed by atoms with E-state index >= 15 is 0 Å². The van der Waals surface area contributed by atoms with Gasteiger partial charge in [-0.1, -0.05) is 41.4 Å². The van der Waals surface area contributed by atoms with Crippen LogP contribution in [0.25, 0.3) is 0 Å². The molecule has 1 nitrogen and oxygen atoms in total. The van der Waals surface area contributed by atoms with E-state index in [1.807, 2.05) is 30.5 Å². The first kappa shape index (κ1) is 14.7. The van der Waals surface area contributed by atoms with Crippen molar-refractivity contribution in [3.8, 4) is 0 Å². The van der Waals surface area contributed by atoms with Gasteiger partial charge in [0.1, 0.15) is 0 Å². The molecule has 0 heterocycles. The highest BCUT2D eigenvalue weighted by molar-refractivity contribution is 7.98. The molecule has 2 aromatic carbocycles. The Bertz CT molecular complexity index is 572. The summed E-state index contributed by atoms with van der Waals surface area (Å²) < 4.78 is 0. The molecule has 0 aliphatic rings. The van der Waals surface area contributed by atoms with E-state index in [9.17, 15) is 5.11 Å². The van der Waals surface area contributed by atoms with Crippen LogP contribution in [-0.4, -0.2) is 11.4 Å². The summed E-state index contributed by atoms with van der Waals surface area (Å²) >= 11 is 13.7. The first-order valence-corrected chi connectivity index (χ1v) is 7.85. The summed E-state index contributed by atoms with van der Waals surface area (Å²) in [7, 11) is 0. The third-order valence-electron chi connectivity index (χ3n) is 2.92. The summed E-state index contributed by atoms with van der Waals surface area (Å²) in [5, 5.41) is 11.6. The molecule has 2 aromatic rings. The molecule has 0 amide bonds. The van der Waals surface area contributed by atoms with E-state index in [0.717, 1.165) is 16.0 Å². The van der Waals surface area contributed by atoms with Crippen molar-refractivity contribution in [3.63, 3.8) is 0 Å². The van der Waals surface area contributed by atoms with Crippen molar-refractivity contribution in [2.24, 2.45) is 0 Å². The van der Waals surface area contributed by atoms with Crippen LogP contribution in [-0.2, 0) is 6.42 Å². The third-order valence-corrected chi connectivity index (χ3v) is 4.33. The van der Waals surface area contributed by atoms with Crippen LogP contribution >= 0.6 is 35.0 Å². The Hall–Kier alpha value is -0.670. The number of aliphatic hydroxyl groups is 1. The third kappa shape index (κ3) is 3.67. The fourth-order valence-electron chi connectivity index (χ4n) is 1.96. The summed E-state index contributed by atoms with van der Waals surface area (Å²) in [4.78, 5) is 1.08. The zero-order valence-electron chi connectivity index (χ0n) is 10.4. The number of halogens is 2. The van der Waals surface area contributed by atoms with Crippen LogP contribution in [0.15, 0.2) is 47.4 Å². The molecule has 1 atom stereocenters. The first-order chi connectivity index (χ1) is 9.11. The Morgan fingerprint density at radius 3 is 2.63 bits per heavy atom. The van der Waals surface area contributed by atoms with Crippen LogP contribution < -0.4 is 0 Å². The first-order valence-electron chi connectivity index (χ1n) is 5.86. The predicted molar refractivity (Wildman–Crippen MR) is 83.3 cm³/mol. The molecule has 0 saturated carbocycles. The van der Waals surface area contributed by atoms with Crippen LogP contribution in [0.1, 0.15) is 17.2 Å². The van der Waals surface area contributed by atoms with Crippen molar-refractivity contribution in [1.29, 1.82) is 0 Å². The van der Waals surface area contributed by atoms with Crippen molar-refractivity contribution >= 4 is 35.0 Å². The Kier molecular flexibility index (Phi) is 5.17. The van der Waals surface area contributed by atoms with Gasteiger partial charge in [0.25, 0.3) is 0 Å². The maximum atomic E-state index is 10.4. The Balaban J connectivity index is 2.25. The molecule has 4 heteroatoms. The molecule has 0 saturated heterocycles. The zero-order valence-corrected chi connectivity index (χ0v) is 12.8. The van der Waals surface area contributed by atoms with Gasteiger partial charge in [0.15, 0.2) is 0 Å². The lowest BCUT2D eigenvalue weighted by Crippen LogP contribution is -2.03. The molecule has 0 aliphatic heterocycles. The van der Waals surface area contributed by atoms with Crippen molar-refractivity contribution in [2.45, 2.75) is 17.4 Å². The van der Waals surface area contributed by atoms with E-state index < -0.39 is 6.10 Å². The molecule has 0 aliphatic carbocycles. The summed E-state index contributed by atoms with van der Waals surface area (Å²) in [5.74, 6) is 0. The molecular formula is C15H14Cl2OS. The molecule has 2 rings (SSSR count). The van der Waals surface area contributed by atoms with Gasteiger partial charge in [-0.15, -0.1) is 11.8 Å². The standard InChI is InChI=1S/C15H14Cl2OS/c1-19-15-5-3-2-4-12(15)14(18)9-10-8-11(16)6-7-13(10)17/h2-8,14,18H,9H2,1H3. The van der Waals surface area contributed by atoms with Crippen molar-refractivity contribution < 1.29 is 5.11 Å². The molecule has 0 bridgehead atoms. The van der Waals surface area contributed by atoms with E-state index in [1.165, 1.54) is 0 Å². The number of rotatable bonds is 4. The number of hydrogen-bond acceptors (Lipinski definition) is 2. The minimum absolute atomic E-state index is 0.455. The molecule has 19 heavy (non-hydrogen) atoms. The maximum absolute atomic E-state index is 10.4. The average Bonchev–Trinajstić information content (AvgIpc) is 2.42. The lowest BCUT2D eigenvalue weighted by molar-refractivity contribution is 0.175. The summed E-state index contributed by atoms with van der Waals surface area (Å²) in [6.07, 6.45) is 1.87. The van der Waals surface area contributed by atoms with E-state index in [0.29, 0.717) is 16.5 Å². The second-order valence-corrected chi connectivity index (χ2v) is 5.89. The van der Waals surface area contributed by atoms with Gasteiger partial charge >= 0.3 is 0 Å². The van der Waals surface area contributed by atoms with Crippen molar-refractivity contribution in [2.75, 3.05) is 6.26 Å². The maximum Gasteiger partial charge on any atom is 0.0841 e. The van der Waals surface area contributed by atoms with Gasteiger partial charge in [0, 0.05) is 21.4 Å². The van der Waals surface area contributed by atoms with Gasteiger partial charge in [-0.05, 0) is 41.6 Å². The fraction of sp³-hybridized carbons (Fsp3) is 0.200. The van der Waals surface area contributed by atoms with Crippen LogP contribution in [0.3, 0.4) is 0 Å². The van der Waals surface area contributed by atoms with E-state index in [1.54, 1.807) is 30.0 Å². The van der Waals surface area contributed by atoms with Gasteiger partial charge < -0.3 is 5.11 Å². The summed E-state index contributed by atoms with van der Waals surface area (Å²) in [5.41, 5.74) is 1.78. The van der Waals surface area contributed by atoms with E-state index in [-0.39, 0.29) is 0 Å². The second kappa shape index (κ2) is 6.67.